The predicted octanol–water partition coefficient (Wildman–Crippen LogP) is -2.20. The molecule has 1 aromatic carbocycles. The topological polar surface area (TPSA) is 145 Å². The molecule has 8 heteroatoms. The number of aliphatic hydroxyl groups excluding tert-OH is 4. The van der Waals surface area contributed by atoms with Crippen LogP contribution in [0.15, 0.2) is 24.3 Å². The Labute approximate surface area is 120 Å². The van der Waals surface area contributed by atoms with Crippen molar-refractivity contribution in [3.05, 3.63) is 29.8 Å². The van der Waals surface area contributed by atoms with Gasteiger partial charge in [-0.1, -0.05) is 6.07 Å². The Morgan fingerprint density at radius 3 is 2.62 bits per heavy atom. The summed E-state index contributed by atoms with van der Waals surface area (Å²) in [6.45, 7) is -0.564. The maximum absolute atomic E-state index is 12.0. The molecule has 0 saturated carbocycles. The van der Waals surface area contributed by atoms with Gasteiger partial charge in [-0.3, -0.25) is 4.79 Å². The lowest BCUT2D eigenvalue weighted by Crippen LogP contribution is -2.64. The second kappa shape index (κ2) is 6.37. The molecule has 0 aliphatic carbocycles. The Hall–Kier alpha value is -1.71. The van der Waals surface area contributed by atoms with E-state index < -0.39 is 43.2 Å². The second-order valence-electron chi connectivity index (χ2n) is 4.85. The summed E-state index contributed by atoms with van der Waals surface area (Å²) in [5, 5.41) is 40.8. The number of anilines is 1. The number of carbonyl (C=O) groups is 1. The Morgan fingerprint density at radius 1 is 1.29 bits per heavy atom. The first-order valence-electron chi connectivity index (χ1n) is 6.41. The highest BCUT2D eigenvalue weighted by Crippen LogP contribution is 2.20. The summed E-state index contributed by atoms with van der Waals surface area (Å²) < 4.78 is 4.95. The molecule has 8 nitrogen and oxygen atoms in total. The lowest BCUT2D eigenvalue weighted by molar-refractivity contribution is -0.252. The van der Waals surface area contributed by atoms with Crippen LogP contribution in [0.3, 0.4) is 0 Å². The average molecular weight is 298 g/mol. The first-order valence-corrected chi connectivity index (χ1v) is 6.41. The predicted molar refractivity (Wildman–Crippen MR) is 72.1 cm³/mol. The fourth-order valence-electron chi connectivity index (χ4n) is 2.17. The number of nitrogens with two attached hydrogens (primary N) is 1. The smallest absolute Gasteiger partial charge is 0.251 e. The minimum Gasteiger partial charge on any atom is -0.399 e. The number of nitrogen functional groups attached to an aromatic ring is 1. The molecule has 1 heterocycles. The molecule has 1 aliphatic heterocycles. The Bertz CT molecular complexity index is 511. The number of nitrogens with one attached hydrogen (secondary N) is 1. The molecule has 116 valence electrons. The highest BCUT2D eigenvalue weighted by Gasteiger charge is 2.44. The fourth-order valence-corrected chi connectivity index (χ4v) is 2.17. The van der Waals surface area contributed by atoms with Gasteiger partial charge in [0.2, 0.25) is 0 Å². The summed E-state index contributed by atoms with van der Waals surface area (Å²) in [6.07, 6.45) is -5.57. The van der Waals surface area contributed by atoms with Crippen LogP contribution in [0, 0.1) is 0 Å². The summed E-state index contributed by atoms with van der Waals surface area (Å²) in [4.78, 5) is 12.0. The largest absolute Gasteiger partial charge is 0.399 e. The van der Waals surface area contributed by atoms with E-state index >= 15 is 0 Å². The van der Waals surface area contributed by atoms with E-state index in [4.69, 9.17) is 15.6 Å². The molecule has 0 radical (unpaired) electrons. The van der Waals surface area contributed by atoms with E-state index in [9.17, 15) is 20.1 Å². The van der Waals surface area contributed by atoms with Crippen LogP contribution in [0.25, 0.3) is 0 Å². The van der Waals surface area contributed by atoms with Gasteiger partial charge in [0.1, 0.15) is 24.4 Å². The van der Waals surface area contributed by atoms with Crippen LogP contribution >= 0.6 is 0 Å². The first-order chi connectivity index (χ1) is 9.93. The average Bonchev–Trinajstić information content (AvgIpc) is 2.47. The number of hydrogen-bond acceptors (Lipinski definition) is 7. The number of hydrogen-bond donors (Lipinski definition) is 6. The van der Waals surface area contributed by atoms with Crippen molar-refractivity contribution in [2.75, 3.05) is 12.3 Å². The third-order valence-electron chi connectivity index (χ3n) is 3.35. The quantitative estimate of drug-likeness (QED) is 0.347. The molecule has 1 aromatic rings. The van der Waals surface area contributed by atoms with Gasteiger partial charge in [0.05, 0.1) is 6.61 Å². The van der Waals surface area contributed by atoms with E-state index in [-0.39, 0.29) is 5.56 Å². The van der Waals surface area contributed by atoms with E-state index in [2.05, 4.69) is 5.32 Å². The summed E-state index contributed by atoms with van der Waals surface area (Å²) in [7, 11) is 0. The third kappa shape index (κ3) is 3.31. The molecule has 0 aromatic heterocycles. The second-order valence-corrected chi connectivity index (χ2v) is 4.85. The summed E-state index contributed by atoms with van der Waals surface area (Å²) in [5.41, 5.74) is 6.21. The van der Waals surface area contributed by atoms with Gasteiger partial charge in [-0.15, -0.1) is 0 Å². The molecule has 0 unspecified atom stereocenters. The lowest BCUT2D eigenvalue weighted by Gasteiger charge is -2.40. The SMILES string of the molecule is Nc1cccc(C(=O)N[C@@H]2[C@@H](O)[C@H](O)[C@@H](CO)O[C@H]2O)c1. The molecular weight excluding hydrogens is 280 g/mol. The van der Waals surface area contributed by atoms with Crippen molar-refractivity contribution in [3.63, 3.8) is 0 Å². The Morgan fingerprint density at radius 2 is 2.00 bits per heavy atom. The van der Waals surface area contributed by atoms with Gasteiger partial charge >= 0.3 is 0 Å². The molecule has 21 heavy (non-hydrogen) atoms. The standard InChI is InChI=1S/C13H18N2O6/c14-7-3-1-2-6(4-7)12(19)15-9-11(18)10(17)8(5-16)21-13(9)20/h1-4,8-11,13,16-18,20H,5,14H2,(H,15,19)/t8-,9-,10-,11-,13-/m1/s1. The lowest BCUT2D eigenvalue weighted by atomic mass is 9.97. The molecule has 1 saturated heterocycles. The molecule has 5 atom stereocenters. The van der Waals surface area contributed by atoms with Gasteiger partial charge in [-0.2, -0.15) is 0 Å². The van der Waals surface area contributed by atoms with E-state index in [1.807, 2.05) is 0 Å². The maximum atomic E-state index is 12.0. The van der Waals surface area contributed by atoms with E-state index in [1.165, 1.54) is 12.1 Å². The third-order valence-corrected chi connectivity index (χ3v) is 3.35. The van der Waals surface area contributed by atoms with Crippen LogP contribution in [-0.2, 0) is 4.74 Å². The monoisotopic (exact) mass is 298 g/mol. The number of ether oxygens (including phenoxy) is 1. The van der Waals surface area contributed by atoms with Gasteiger partial charge in [0, 0.05) is 11.3 Å². The molecule has 0 spiro atoms. The van der Waals surface area contributed by atoms with Crippen LogP contribution < -0.4 is 11.1 Å². The molecular formula is C13H18N2O6. The van der Waals surface area contributed by atoms with Crippen molar-refractivity contribution in [1.82, 2.24) is 5.32 Å². The number of aliphatic hydroxyl groups is 4. The van der Waals surface area contributed by atoms with Crippen molar-refractivity contribution in [2.24, 2.45) is 0 Å². The molecule has 0 bridgehead atoms. The van der Waals surface area contributed by atoms with Crippen LogP contribution in [-0.4, -0.2) is 63.6 Å². The number of benzene rings is 1. The van der Waals surface area contributed by atoms with Crippen LogP contribution in [0.4, 0.5) is 5.69 Å². The van der Waals surface area contributed by atoms with E-state index in [1.54, 1.807) is 12.1 Å². The minimum absolute atomic E-state index is 0.244. The van der Waals surface area contributed by atoms with Crippen molar-refractivity contribution >= 4 is 11.6 Å². The van der Waals surface area contributed by atoms with Crippen molar-refractivity contribution in [2.45, 2.75) is 30.6 Å². The zero-order chi connectivity index (χ0) is 15.6. The van der Waals surface area contributed by atoms with Gasteiger partial charge in [0.25, 0.3) is 5.91 Å². The number of carbonyl (C=O) groups excluding carboxylic acids is 1. The molecule has 7 N–H and O–H groups in total. The number of amides is 1. The fraction of sp³-hybridized carbons (Fsp3) is 0.462. The zero-order valence-electron chi connectivity index (χ0n) is 11.1. The van der Waals surface area contributed by atoms with Gasteiger partial charge in [-0.05, 0) is 18.2 Å². The summed E-state index contributed by atoms with van der Waals surface area (Å²) in [6, 6.07) is 4.92. The Balaban J connectivity index is 2.09. The minimum atomic E-state index is -1.55. The maximum Gasteiger partial charge on any atom is 0.251 e. The van der Waals surface area contributed by atoms with E-state index in [0.717, 1.165) is 0 Å². The van der Waals surface area contributed by atoms with Crippen LogP contribution in [0.1, 0.15) is 10.4 Å². The highest BCUT2D eigenvalue weighted by molar-refractivity contribution is 5.95. The van der Waals surface area contributed by atoms with Gasteiger partial charge in [-0.25, -0.2) is 0 Å². The molecule has 1 aliphatic rings. The van der Waals surface area contributed by atoms with Crippen LogP contribution in [0.2, 0.25) is 0 Å². The highest BCUT2D eigenvalue weighted by atomic mass is 16.6. The first kappa shape index (κ1) is 15.7. The summed E-state index contributed by atoms with van der Waals surface area (Å²) >= 11 is 0. The Kier molecular flexibility index (Phi) is 4.76. The number of rotatable bonds is 3. The molecule has 1 fully saturated rings. The molecule has 1 amide bonds. The van der Waals surface area contributed by atoms with Crippen molar-refractivity contribution in [3.8, 4) is 0 Å². The zero-order valence-corrected chi connectivity index (χ0v) is 11.1. The van der Waals surface area contributed by atoms with Crippen LogP contribution in [0.5, 0.6) is 0 Å². The summed E-state index contributed by atoms with van der Waals surface area (Å²) in [5.74, 6) is -0.580. The van der Waals surface area contributed by atoms with Crippen molar-refractivity contribution in [1.29, 1.82) is 0 Å². The normalized spacial score (nSPS) is 32.7. The molecule has 2 rings (SSSR count). The van der Waals surface area contributed by atoms with Gasteiger partial charge < -0.3 is 36.2 Å². The van der Waals surface area contributed by atoms with Gasteiger partial charge in [0.15, 0.2) is 6.29 Å². The van der Waals surface area contributed by atoms with Crippen molar-refractivity contribution < 1.29 is 30.0 Å². The van der Waals surface area contributed by atoms with E-state index in [0.29, 0.717) is 5.69 Å².